The summed E-state index contributed by atoms with van der Waals surface area (Å²) in [7, 11) is 6.92. The summed E-state index contributed by atoms with van der Waals surface area (Å²) in [6.07, 6.45) is 12.2. The van der Waals surface area contributed by atoms with Crippen molar-refractivity contribution >= 4 is 22.7 Å². The fourth-order valence-electron chi connectivity index (χ4n) is 4.58. The van der Waals surface area contributed by atoms with Gasteiger partial charge in [-0.15, -0.1) is 22.7 Å². The van der Waals surface area contributed by atoms with Gasteiger partial charge in [-0.25, -0.2) is 0 Å². The third-order valence-corrected chi connectivity index (χ3v) is 7.95. The molecule has 0 saturated carbocycles. The van der Waals surface area contributed by atoms with Crippen molar-refractivity contribution in [3.05, 3.63) is 34.0 Å². The summed E-state index contributed by atoms with van der Waals surface area (Å²) in [5.41, 5.74) is 3.63. The van der Waals surface area contributed by atoms with Gasteiger partial charge in [0.2, 0.25) is 0 Å². The minimum atomic E-state index is 0.314. The van der Waals surface area contributed by atoms with Crippen molar-refractivity contribution in [3.8, 4) is 9.75 Å². The number of thiophene rings is 2. The molecule has 0 spiro atoms. The number of quaternary nitrogens is 1. The molecule has 144 valence electrons. The van der Waals surface area contributed by atoms with E-state index in [9.17, 15) is 0 Å². The Balaban J connectivity index is 1.72. The second-order valence-electron chi connectivity index (χ2n) is 9.04. The lowest BCUT2D eigenvalue weighted by Crippen LogP contribution is -2.35. The molecule has 0 unspecified atom stereocenters. The first-order valence-electron chi connectivity index (χ1n) is 10.4. The van der Waals surface area contributed by atoms with Crippen LogP contribution in [0.5, 0.6) is 0 Å². The van der Waals surface area contributed by atoms with Crippen LogP contribution >= 0.6 is 22.7 Å². The first kappa shape index (κ1) is 20.1. The number of hydrogen-bond donors (Lipinski definition) is 0. The van der Waals surface area contributed by atoms with E-state index in [2.05, 4.69) is 51.0 Å². The molecule has 1 aliphatic carbocycles. The van der Waals surface area contributed by atoms with Crippen LogP contribution in [0.4, 0.5) is 0 Å². The van der Waals surface area contributed by atoms with Gasteiger partial charge in [0.1, 0.15) is 0 Å². The molecule has 2 aromatic heterocycles. The van der Waals surface area contributed by atoms with E-state index in [0.29, 0.717) is 5.41 Å². The maximum atomic E-state index is 2.44. The van der Waals surface area contributed by atoms with Crippen molar-refractivity contribution < 1.29 is 4.48 Å². The van der Waals surface area contributed by atoms with Crippen molar-refractivity contribution in [2.45, 2.75) is 70.1 Å². The second-order valence-corrected chi connectivity index (χ2v) is 10.9. The van der Waals surface area contributed by atoms with E-state index in [0.717, 1.165) is 4.48 Å². The normalized spacial score (nSPS) is 15.2. The van der Waals surface area contributed by atoms with Crippen LogP contribution in [0.25, 0.3) is 9.75 Å². The molecule has 1 aliphatic rings. The summed E-state index contributed by atoms with van der Waals surface area (Å²) in [6, 6.07) is 4.89. The maximum absolute atomic E-state index is 2.44. The Bertz CT molecular complexity index is 649. The molecule has 0 aliphatic heterocycles. The van der Waals surface area contributed by atoms with Gasteiger partial charge >= 0.3 is 0 Å². The molecule has 3 heteroatoms. The molecule has 0 amide bonds. The van der Waals surface area contributed by atoms with Crippen LogP contribution in [0.15, 0.2) is 22.9 Å². The molecule has 0 atom stereocenters. The van der Waals surface area contributed by atoms with Gasteiger partial charge in [-0.1, -0.05) is 39.0 Å². The van der Waals surface area contributed by atoms with E-state index in [1.54, 1.807) is 20.9 Å². The average Bonchev–Trinajstić information content (AvgIpc) is 3.27. The summed E-state index contributed by atoms with van der Waals surface area (Å²) < 4.78 is 1.09. The first-order valence-corrected chi connectivity index (χ1v) is 12.2. The fourth-order valence-corrected chi connectivity index (χ4v) is 6.76. The number of unbranched alkanes of at least 4 members (excludes halogenated alkanes) is 5. The molecule has 0 saturated heterocycles. The van der Waals surface area contributed by atoms with Crippen molar-refractivity contribution in [1.29, 1.82) is 0 Å². The van der Waals surface area contributed by atoms with E-state index in [1.165, 1.54) is 64.3 Å². The standard InChI is InChI=1S/C23H36NS2/c1-5-6-7-9-14-23(15-10-8-11-16-24(2,3)4)19-12-17-25-21(19)22-20(23)13-18-26-22/h12-13,17-18H,5-11,14-16H2,1-4H3/q+1. The van der Waals surface area contributed by atoms with E-state index in [4.69, 9.17) is 0 Å². The quantitative estimate of drug-likeness (QED) is 0.279. The van der Waals surface area contributed by atoms with E-state index < -0.39 is 0 Å². The van der Waals surface area contributed by atoms with Crippen molar-refractivity contribution in [2.75, 3.05) is 27.7 Å². The molecule has 2 aromatic rings. The number of rotatable bonds is 11. The zero-order valence-electron chi connectivity index (χ0n) is 17.1. The minimum absolute atomic E-state index is 0.314. The third-order valence-electron chi connectivity index (χ3n) is 5.96. The molecule has 3 rings (SSSR count). The van der Waals surface area contributed by atoms with Gasteiger partial charge in [-0.05, 0) is 59.7 Å². The highest BCUT2D eigenvalue weighted by Crippen LogP contribution is 2.57. The van der Waals surface area contributed by atoms with E-state index in [1.807, 2.05) is 22.7 Å². The smallest absolute Gasteiger partial charge is 0.0780 e. The number of hydrogen-bond acceptors (Lipinski definition) is 2. The lowest BCUT2D eigenvalue weighted by Gasteiger charge is -2.31. The Morgan fingerprint density at radius 3 is 1.81 bits per heavy atom. The lowest BCUT2D eigenvalue weighted by molar-refractivity contribution is -0.870. The molecule has 2 heterocycles. The monoisotopic (exact) mass is 390 g/mol. The van der Waals surface area contributed by atoms with Crippen molar-refractivity contribution in [1.82, 2.24) is 0 Å². The SMILES string of the molecule is CCCCCCC1(CCCCC[N+](C)(C)C)c2ccsc2-c2sccc21. The number of fused-ring (bicyclic) bond motifs is 3. The van der Waals surface area contributed by atoms with Crippen LogP contribution in [0.3, 0.4) is 0 Å². The van der Waals surface area contributed by atoms with Crippen molar-refractivity contribution in [3.63, 3.8) is 0 Å². The molecule has 0 bridgehead atoms. The fraction of sp³-hybridized carbons (Fsp3) is 0.652. The lowest BCUT2D eigenvalue weighted by atomic mass is 9.71. The molecule has 0 fully saturated rings. The molecule has 0 N–H and O–H groups in total. The molecule has 26 heavy (non-hydrogen) atoms. The first-order chi connectivity index (χ1) is 12.5. The van der Waals surface area contributed by atoms with E-state index >= 15 is 0 Å². The van der Waals surface area contributed by atoms with Crippen molar-refractivity contribution in [2.24, 2.45) is 0 Å². The summed E-state index contributed by atoms with van der Waals surface area (Å²) in [4.78, 5) is 3.16. The van der Waals surface area contributed by atoms with Gasteiger partial charge < -0.3 is 4.48 Å². The van der Waals surface area contributed by atoms with Gasteiger partial charge in [0, 0.05) is 15.2 Å². The molecule has 0 radical (unpaired) electrons. The Kier molecular flexibility index (Phi) is 6.63. The van der Waals surface area contributed by atoms with Crippen LogP contribution < -0.4 is 0 Å². The largest absolute Gasteiger partial charge is 0.331 e. The highest BCUT2D eigenvalue weighted by Gasteiger charge is 2.43. The molecule has 1 nitrogen and oxygen atoms in total. The minimum Gasteiger partial charge on any atom is -0.331 e. The molecule has 0 aromatic carbocycles. The van der Waals surface area contributed by atoms with Crippen LogP contribution in [0.1, 0.15) is 75.8 Å². The highest BCUT2D eigenvalue weighted by atomic mass is 32.1. The summed E-state index contributed by atoms with van der Waals surface area (Å²) in [5.74, 6) is 0. The van der Waals surface area contributed by atoms with Gasteiger partial charge in [-0.3, -0.25) is 0 Å². The van der Waals surface area contributed by atoms with Gasteiger partial charge in [0.05, 0.1) is 27.7 Å². The van der Waals surface area contributed by atoms with Gasteiger partial charge in [0.25, 0.3) is 0 Å². The number of nitrogens with zero attached hydrogens (tertiary/aromatic N) is 1. The van der Waals surface area contributed by atoms with Crippen LogP contribution in [-0.4, -0.2) is 32.2 Å². The predicted molar refractivity (Wildman–Crippen MR) is 119 cm³/mol. The Hall–Kier alpha value is -0.640. The van der Waals surface area contributed by atoms with Crippen LogP contribution in [0, 0.1) is 0 Å². The summed E-state index contributed by atoms with van der Waals surface area (Å²) in [6.45, 7) is 3.60. The zero-order chi connectivity index (χ0) is 18.6. The van der Waals surface area contributed by atoms with Gasteiger partial charge in [-0.2, -0.15) is 0 Å². The third kappa shape index (κ3) is 4.26. The predicted octanol–water partition coefficient (Wildman–Crippen LogP) is 7.31. The van der Waals surface area contributed by atoms with Crippen LogP contribution in [0.2, 0.25) is 0 Å². The van der Waals surface area contributed by atoms with E-state index in [-0.39, 0.29) is 0 Å². The zero-order valence-corrected chi connectivity index (χ0v) is 18.8. The summed E-state index contributed by atoms with van der Waals surface area (Å²) in [5, 5.41) is 4.65. The van der Waals surface area contributed by atoms with Crippen LogP contribution in [-0.2, 0) is 5.41 Å². The second kappa shape index (κ2) is 8.58. The highest BCUT2D eigenvalue weighted by molar-refractivity contribution is 7.21. The molecular formula is C23H36NS2+. The van der Waals surface area contributed by atoms with Gasteiger partial charge in [0.15, 0.2) is 0 Å². The Labute approximate surface area is 168 Å². The summed E-state index contributed by atoms with van der Waals surface area (Å²) >= 11 is 3.92. The topological polar surface area (TPSA) is 0 Å². The Morgan fingerprint density at radius 2 is 1.31 bits per heavy atom. The maximum Gasteiger partial charge on any atom is 0.0780 e. The molecular weight excluding hydrogens is 354 g/mol. The average molecular weight is 391 g/mol. The Morgan fingerprint density at radius 1 is 0.769 bits per heavy atom.